The molecule has 8 heteroatoms. The molecule has 2 amide bonds. The molecule has 0 spiro atoms. The van der Waals surface area contributed by atoms with Gasteiger partial charge in [-0.2, -0.15) is 10.2 Å². The van der Waals surface area contributed by atoms with Crippen molar-refractivity contribution in [3.05, 3.63) is 43.0 Å². The van der Waals surface area contributed by atoms with Gasteiger partial charge in [0.25, 0.3) is 0 Å². The number of hydrogen-bond donors (Lipinski definition) is 2. The molecule has 2 N–H and O–H groups in total. The molecule has 0 aliphatic heterocycles. The van der Waals surface area contributed by atoms with Gasteiger partial charge in [0, 0.05) is 31.0 Å². The van der Waals surface area contributed by atoms with Crippen LogP contribution < -0.4 is 10.6 Å². The van der Waals surface area contributed by atoms with E-state index in [9.17, 15) is 4.79 Å². The van der Waals surface area contributed by atoms with E-state index in [1.807, 2.05) is 26.1 Å². The Labute approximate surface area is 133 Å². The van der Waals surface area contributed by atoms with Crippen LogP contribution in [0.3, 0.4) is 0 Å². The van der Waals surface area contributed by atoms with Crippen molar-refractivity contribution in [2.45, 2.75) is 13.5 Å². The zero-order valence-corrected chi connectivity index (χ0v) is 12.9. The highest BCUT2D eigenvalue weighted by Crippen LogP contribution is 2.17. The molecular weight excluding hydrogens is 294 g/mol. The molecule has 118 valence electrons. The molecule has 3 rings (SSSR count). The smallest absolute Gasteiger partial charge is 0.308 e. The van der Waals surface area contributed by atoms with E-state index in [1.54, 1.807) is 40.2 Å². The Morgan fingerprint density at radius 2 is 1.91 bits per heavy atom. The fourth-order valence-electron chi connectivity index (χ4n) is 2.07. The standard InChI is InChI=1S/C15H17N7O/c1-3-22-9-13(8-17-22)19-15(23)18-12-6-4-11(5-7-12)14-16-10-21(2)20-14/h4-10H,3H2,1-2H3,(H2,18,19,23). The van der Waals surface area contributed by atoms with Gasteiger partial charge in [0.2, 0.25) is 0 Å². The van der Waals surface area contributed by atoms with Crippen LogP contribution in [0.25, 0.3) is 11.4 Å². The third-order valence-electron chi connectivity index (χ3n) is 3.22. The molecular formula is C15H17N7O. The van der Waals surface area contributed by atoms with Gasteiger partial charge >= 0.3 is 6.03 Å². The first-order valence-electron chi connectivity index (χ1n) is 7.20. The van der Waals surface area contributed by atoms with E-state index in [-0.39, 0.29) is 6.03 Å². The van der Waals surface area contributed by atoms with E-state index >= 15 is 0 Å². The summed E-state index contributed by atoms with van der Waals surface area (Å²) >= 11 is 0. The number of carbonyl (C=O) groups excluding carboxylic acids is 1. The van der Waals surface area contributed by atoms with Gasteiger partial charge in [-0.05, 0) is 31.2 Å². The minimum absolute atomic E-state index is 0.315. The average Bonchev–Trinajstić information content (AvgIpc) is 3.17. The molecule has 0 fully saturated rings. The first-order valence-corrected chi connectivity index (χ1v) is 7.20. The molecule has 0 aliphatic rings. The fourth-order valence-corrected chi connectivity index (χ4v) is 2.07. The number of rotatable bonds is 4. The highest BCUT2D eigenvalue weighted by atomic mass is 16.2. The van der Waals surface area contributed by atoms with Crippen molar-refractivity contribution in [2.75, 3.05) is 10.6 Å². The number of aromatic nitrogens is 5. The maximum Gasteiger partial charge on any atom is 0.323 e. The summed E-state index contributed by atoms with van der Waals surface area (Å²) in [6.07, 6.45) is 5.03. The number of anilines is 2. The Morgan fingerprint density at radius 1 is 1.17 bits per heavy atom. The first-order chi connectivity index (χ1) is 11.1. The molecule has 0 atom stereocenters. The topological polar surface area (TPSA) is 89.7 Å². The van der Waals surface area contributed by atoms with Crippen LogP contribution in [0.2, 0.25) is 0 Å². The average molecular weight is 311 g/mol. The number of carbonyl (C=O) groups is 1. The number of nitrogens with one attached hydrogen (secondary N) is 2. The molecule has 0 unspecified atom stereocenters. The molecule has 0 aliphatic carbocycles. The lowest BCUT2D eigenvalue weighted by Crippen LogP contribution is -2.19. The molecule has 0 bridgehead atoms. The Morgan fingerprint density at radius 3 is 2.52 bits per heavy atom. The van der Waals surface area contributed by atoms with Crippen molar-refractivity contribution in [1.82, 2.24) is 24.5 Å². The van der Waals surface area contributed by atoms with Crippen LogP contribution in [0.5, 0.6) is 0 Å². The predicted molar refractivity (Wildman–Crippen MR) is 87.0 cm³/mol. The Bertz CT molecular complexity index is 803. The van der Waals surface area contributed by atoms with Crippen molar-refractivity contribution in [3.8, 4) is 11.4 Å². The van der Waals surface area contributed by atoms with Crippen molar-refractivity contribution in [1.29, 1.82) is 0 Å². The largest absolute Gasteiger partial charge is 0.323 e. The highest BCUT2D eigenvalue weighted by Gasteiger charge is 2.06. The zero-order valence-electron chi connectivity index (χ0n) is 12.9. The van der Waals surface area contributed by atoms with E-state index in [2.05, 4.69) is 25.8 Å². The minimum Gasteiger partial charge on any atom is -0.308 e. The SMILES string of the molecule is CCn1cc(NC(=O)Nc2ccc(-c3ncn(C)n3)cc2)cn1. The third-order valence-corrected chi connectivity index (χ3v) is 3.22. The molecule has 2 heterocycles. The predicted octanol–water partition coefficient (Wildman–Crippen LogP) is 2.34. The monoisotopic (exact) mass is 311 g/mol. The highest BCUT2D eigenvalue weighted by molar-refractivity contribution is 5.99. The Hall–Kier alpha value is -3.16. The Kier molecular flexibility index (Phi) is 4.05. The zero-order chi connectivity index (χ0) is 16.2. The number of nitrogens with zero attached hydrogens (tertiary/aromatic N) is 5. The van der Waals surface area contributed by atoms with Crippen LogP contribution in [0.15, 0.2) is 43.0 Å². The second kappa shape index (κ2) is 6.30. The summed E-state index contributed by atoms with van der Waals surface area (Å²) in [7, 11) is 1.82. The summed E-state index contributed by atoms with van der Waals surface area (Å²) in [5, 5.41) is 13.8. The van der Waals surface area contributed by atoms with Gasteiger partial charge in [-0.3, -0.25) is 9.36 Å². The van der Waals surface area contributed by atoms with Gasteiger partial charge in [-0.15, -0.1) is 0 Å². The summed E-state index contributed by atoms with van der Waals surface area (Å²) < 4.78 is 3.38. The van der Waals surface area contributed by atoms with Crippen molar-refractivity contribution in [2.24, 2.45) is 7.05 Å². The molecule has 23 heavy (non-hydrogen) atoms. The van der Waals surface area contributed by atoms with Crippen molar-refractivity contribution in [3.63, 3.8) is 0 Å². The number of amides is 2. The van der Waals surface area contributed by atoms with Crippen LogP contribution in [-0.2, 0) is 13.6 Å². The number of aryl methyl sites for hydroxylation is 2. The molecule has 8 nitrogen and oxygen atoms in total. The van der Waals surface area contributed by atoms with E-state index in [1.165, 1.54) is 0 Å². The van der Waals surface area contributed by atoms with Crippen LogP contribution >= 0.6 is 0 Å². The maximum absolute atomic E-state index is 12.0. The molecule has 0 saturated carbocycles. The third kappa shape index (κ3) is 3.54. The second-order valence-corrected chi connectivity index (χ2v) is 4.98. The van der Waals surface area contributed by atoms with Gasteiger partial charge in [-0.25, -0.2) is 9.78 Å². The van der Waals surface area contributed by atoms with Gasteiger partial charge in [0.05, 0.1) is 11.9 Å². The number of hydrogen-bond acceptors (Lipinski definition) is 4. The lowest BCUT2D eigenvalue weighted by atomic mass is 10.2. The lowest BCUT2D eigenvalue weighted by Gasteiger charge is -2.06. The molecule has 0 saturated heterocycles. The van der Waals surface area contributed by atoms with Crippen molar-refractivity contribution < 1.29 is 4.79 Å². The summed E-state index contributed by atoms with van der Waals surface area (Å²) in [6.45, 7) is 2.74. The fraction of sp³-hybridized carbons (Fsp3) is 0.200. The molecule has 3 aromatic rings. The molecule has 0 radical (unpaired) electrons. The van der Waals surface area contributed by atoms with Crippen LogP contribution in [0.1, 0.15) is 6.92 Å². The summed E-state index contributed by atoms with van der Waals surface area (Å²) in [6, 6.07) is 7.02. The van der Waals surface area contributed by atoms with E-state index in [4.69, 9.17) is 0 Å². The van der Waals surface area contributed by atoms with E-state index in [0.717, 1.165) is 12.1 Å². The quantitative estimate of drug-likeness (QED) is 0.774. The maximum atomic E-state index is 12.0. The van der Waals surface area contributed by atoms with E-state index < -0.39 is 0 Å². The van der Waals surface area contributed by atoms with Gasteiger partial charge in [-0.1, -0.05) is 0 Å². The molecule has 1 aromatic carbocycles. The van der Waals surface area contributed by atoms with Gasteiger partial charge in [0.1, 0.15) is 6.33 Å². The number of urea groups is 1. The van der Waals surface area contributed by atoms with Gasteiger partial charge < -0.3 is 10.6 Å². The van der Waals surface area contributed by atoms with Crippen molar-refractivity contribution >= 4 is 17.4 Å². The summed E-state index contributed by atoms with van der Waals surface area (Å²) in [4.78, 5) is 16.1. The first kappa shape index (κ1) is 14.8. The molecule has 2 aromatic heterocycles. The summed E-state index contributed by atoms with van der Waals surface area (Å²) in [5.41, 5.74) is 2.23. The van der Waals surface area contributed by atoms with Crippen LogP contribution in [0.4, 0.5) is 16.2 Å². The number of benzene rings is 1. The second-order valence-electron chi connectivity index (χ2n) is 4.98. The van der Waals surface area contributed by atoms with Gasteiger partial charge in [0.15, 0.2) is 5.82 Å². The van der Waals surface area contributed by atoms with Crippen LogP contribution in [0, 0.1) is 0 Å². The summed E-state index contributed by atoms with van der Waals surface area (Å²) in [5.74, 6) is 0.649. The normalized spacial score (nSPS) is 10.5. The Balaban J connectivity index is 1.62. The lowest BCUT2D eigenvalue weighted by molar-refractivity contribution is 0.262. The van der Waals surface area contributed by atoms with Crippen LogP contribution in [-0.4, -0.2) is 30.6 Å². The minimum atomic E-state index is -0.315. The van der Waals surface area contributed by atoms with E-state index in [0.29, 0.717) is 17.2 Å².